The van der Waals surface area contributed by atoms with Crippen molar-refractivity contribution in [2.45, 2.75) is 32.4 Å². The van der Waals surface area contributed by atoms with Gasteiger partial charge in [-0.05, 0) is 43.0 Å². The maximum absolute atomic E-state index is 12.9. The lowest BCUT2D eigenvalue weighted by Gasteiger charge is -2.13. The van der Waals surface area contributed by atoms with Crippen LogP contribution in [0.25, 0.3) is 10.9 Å². The Kier molecular flexibility index (Phi) is 4.50. The van der Waals surface area contributed by atoms with Crippen LogP contribution < -0.4 is 16.2 Å². The summed E-state index contributed by atoms with van der Waals surface area (Å²) in [5.74, 6) is -0.770. The maximum Gasteiger partial charge on any atom is 0.263 e. The summed E-state index contributed by atoms with van der Waals surface area (Å²) in [6, 6.07) is 7.41. The second-order valence-electron chi connectivity index (χ2n) is 7.21. The number of fused-ring (bicyclic) bond motifs is 1. The number of rotatable bonds is 5. The highest BCUT2D eigenvalue weighted by molar-refractivity contribution is 5.99. The van der Waals surface area contributed by atoms with Crippen LogP contribution in [0, 0.1) is 6.92 Å². The number of amides is 2. The topological polar surface area (TPSA) is 96.0 Å². The maximum atomic E-state index is 12.9. The first-order valence-electron chi connectivity index (χ1n) is 9.31. The molecule has 0 saturated heterocycles. The normalized spacial score (nSPS) is 13.5. The van der Waals surface area contributed by atoms with E-state index in [9.17, 15) is 14.4 Å². The fraction of sp³-hybridized carbons (Fsp3) is 0.286. The van der Waals surface area contributed by atoms with E-state index in [0.717, 1.165) is 34.9 Å². The number of nitrogens with zero attached hydrogens (tertiary/aromatic N) is 1. The molecule has 7 heteroatoms. The lowest BCUT2D eigenvalue weighted by Crippen LogP contribution is -2.34. The Morgan fingerprint density at radius 3 is 2.75 bits per heavy atom. The van der Waals surface area contributed by atoms with Crippen LogP contribution in [0.3, 0.4) is 0 Å². The van der Waals surface area contributed by atoms with Crippen LogP contribution in [0.5, 0.6) is 0 Å². The van der Waals surface area contributed by atoms with E-state index in [1.54, 1.807) is 0 Å². The predicted molar refractivity (Wildman–Crippen MR) is 107 cm³/mol. The van der Waals surface area contributed by atoms with E-state index in [4.69, 9.17) is 0 Å². The van der Waals surface area contributed by atoms with Crippen molar-refractivity contribution in [1.82, 2.24) is 20.2 Å². The molecule has 0 unspecified atom stereocenters. The molecule has 0 bridgehead atoms. The summed E-state index contributed by atoms with van der Waals surface area (Å²) in [5, 5.41) is 6.43. The van der Waals surface area contributed by atoms with Crippen LogP contribution in [0.1, 0.15) is 44.7 Å². The van der Waals surface area contributed by atoms with E-state index in [1.807, 2.05) is 31.3 Å². The van der Waals surface area contributed by atoms with Gasteiger partial charge in [-0.2, -0.15) is 0 Å². The number of nitrogens with one attached hydrogen (secondary N) is 3. The van der Waals surface area contributed by atoms with Gasteiger partial charge in [0, 0.05) is 36.4 Å². The molecule has 1 fully saturated rings. The van der Waals surface area contributed by atoms with Crippen molar-refractivity contribution >= 4 is 22.7 Å². The smallest absolute Gasteiger partial charge is 0.263 e. The molecule has 2 amide bonds. The van der Waals surface area contributed by atoms with E-state index >= 15 is 0 Å². The van der Waals surface area contributed by atoms with Crippen LogP contribution in [0.4, 0.5) is 0 Å². The monoisotopic (exact) mass is 378 g/mol. The van der Waals surface area contributed by atoms with Crippen molar-refractivity contribution in [3.63, 3.8) is 0 Å². The van der Waals surface area contributed by atoms with E-state index in [1.165, 1.54) is 23.9 Å². The number of pyridine rings is 1. The molecule has 1 aliphatic carbocycles. The highest BCUT2D eigenvalue weighted by atomic mass is 16.2. The van der Waals surface area contributed by atoms with E-state index in [2.05, 4.69) is 15.6 Å². The zero-order valence-corrected chi connectivity index (χ0v) is 15.8. The number of carbonyl (C=O) groups excluding carboxylic acids is 2. The summed E-state index contributed by atoms with van der Waals surface area (Å²) in [7, 11) is 1.47. The lowest BCUT2D eigenvalue weighted by molar-refractivity contribution is 0.0950. The van der Waals surface area contributed by atoms with Gasteiger partial charge in [-0.1, -0.05) is 12.1 Å². The highest BCUT2D eigenvalue weighted by Crippen LogP contribution is 2.23. The number of hydrogen-bond acceptors (Lipinski definition) is 3. The molecule has 1 aromatic carbocycles. The molecule has 0 aliphatic heterocycles. The van der Waals surface area contributed by atoms with Crippen molar-refractivity contribution in [1.29, 1.82) is 0 Å². The number of benzene rings is 1. The van der Waals surface area contributed by atoms with Crippen LogP contribution in [-0.4, -0.2) is 34.5 Å². The SMILES string of the molecule is CNC(=O)c1cc(C(=O)NC2CC2)cn(Cc2cccc3[nH]cc(C)c23)c1=O. The molecule has 3 aromatic rings. The van der Waals surface area contributed by atoms with Gasteiger partial charge in [0.25, 0.3) is 17.4 Å². The zero-order valence-electron chi connectivity index (χ0n) is 15.8. The summed E-state index contributed by atoms with van der Waals surface area (Å²) in [6.07, 6.45) is 5.38. The predicted octanol–water partition coefficient (Wildman–Crippen LogP) is 1.94. The minimum absolute atomic E-state index is 0.0380. The summed E-state index contributed by atoms with van der Waals surface area (Å²) in [4.78, 5) is 40.9. The molecule has 2 heterocycles. The molecular weight excluding hydrogens is 356 g/mol. The molecule has 144 valence electrons. The third-order valence-corrected chi connectivity index (χ3v) is 5.06. The second kappa shape index (κ2) is 6.99. The van der Waals surface area contributed by atoms with Gasteiger partial charge in [0.1, 0.15) is 5.56 Å². The van der Waals surface area contributed by atoms with Crippen LogP contribution >= 0.6 is 0 Å². The van der Waals surface area contributed by atoms with Gasteiger partial charge < -0.3 is 20.2 Å². The summed E-state index contributed by atoms with van der Waals surface area (Å²) in [6.45, 7) is 2.27. The number of aromatic amines is 1. The van der Waals surface area contributed by atoms with Crippen molar-refractivity contribution in [2.24, 2.45) is 0 Å². The molecule has 1 saturated carbocycles. The third kappa shape index (κ3) is 3.31. The first-order valence-corrected chi connectivity index (χ1v) is 9.31. The Balaban J connectivity index is 1.80. The Morgan fingerprint density at radius 1 is 1.25 bits per heavy atom. The molecule has 1 aliphatic rings. The number of hydrogen-bond donors (Lipinski definition) is 3. The highest BCUT2D eigenvalue weighted by Gasteiger charge is 2.25. The van der Waals surface area contributed by atoms with Crippen molar-refractivity contribution < 1.29 is 9.59 Å². The van der Waals surface area contributed by atoms with Crippen molar-refractivity contribution in [3.05, 3.63) is 69.3 Å². The first-order chi connectivity index (χ1) is 13.5. The van der Waals surface area contributed by atoms with E-state index in [0.29, 0.717) is 5.56 Å². The number of aromatic nitrogens is 2. The van der Waals surface area contributed by atoms with Gasteiger partial charge in [0.2, 0.25) is 0 Å². The number of H-pyrrole nitrogens is 1. The third-order valence-electron chi connectivity index (χ3n) is 5.06. The van der Waals surface area contributed by atoms with E-state index < -0.39 is 11.5 Å². The summed E-state index contributed by atoms with van der Waals surface area (Å²) >= 11 is 0. The van der Waals surface area contributed by atoms with Crippen LogP contribution in [-0.2, 0) is 6.54 Å². The van der Waals surface area contributed by atoms with Gasteiger partial charge in [-0.25, -0.2) is 0 Å². The van der Waals surface area contributed by atoms with Gasteiger partial charge in [0.15, 0.2) is 0 Å². The van der Waals surface area contributed by atoms with Crippen LogP contribution in [0.2, 0.25) is 0 Å². The Morgan fingerprint density at radius 2 is 2.04 bits per heavy atom. The largest absolute Gasteiger partial charge is 0.361 e. The Hall–Kier alpha value is -3.35. The fourth-order valence-corrected chi connectivity index (χ4v) is 3.43. The Bertz CT molecular complexity index is 1140. The van der Waals surface area contributed by atoms with Crippen LogP contribution in [0.15, 0.2) is 41.5 Å². The minimum Gasteiger partial charge on any atom is -0.361 e. The van der Waals surface area contributed by atoms with Crippen molar-refractivity contribution in [2.75, 3.05) is 7.05 Å². The van der Waals surface area contributed by atoms with Gasteiger partial charge in [-0.3, -0.25) is 14.4 Å². The Labute approximate surface area is 161 Å². The molecule has 7 nitrogen and oxygen atoms in total. The van der Waals surface area contributed by atoms with Crippen molar-refractivity contribution in [3.8, 4) is 0 Å². The number of aryl methyl sites for hydroxylation is 1. The number of carbonyl (C=O) groups is 2. The lowest BCUT2D eigenvalue weighted by atomic mass is 10.1. The standard InChI is InChI=1S/C21H22N4O3/c1-12-9-23-17-5-3-4-13(18(12)17)10-25-11-14(19(26)24-15-6-7-15)8-16(21(25)28)20(27)22-2/h3-5,8-9,11,15,23H,6-7,10H2,1-2H3,(H,22,27)(H,24,26). The molecule has 0 atom stereocenters. The molecule has 28 heavy (non-hydrogen) atoms. The average Bonchev–Trinajstić information content (AvgIpc) is 3.43. The molecular formula is C21H22N4O3. The summed E-state index contributed by atoms with van der Waals surface area (Å²) in [5.41, 5.74) is 2.85. The molecule has 0 spiro atoms. The first kappa shape index (κ1) is 18.0. The molecule has 0 radical (unpaired) electrons. The summed E-state index contributed by atoms with van der Waals surface area (Å²) < 4.78 is 1.44. The van der Waals surface area contributed by atoms with Gasteiger partial charge >= 0.3 is 0 Å². The minimum atomic E-state index is -0.504. The van der Waals surface area contributed by atoms with Gasteiger partial charge in [0.05, 0.1) is 12.1 Å². The fourth-order valence-electron chi connectivity index (χ4n) is 3.43. The van der Waals surface area contributed by atoms with E-state index in [-0.39, 0.29) is 24.1 Å². The van der Waals surface area contributed by atoms with Gasteiger partial charge in [-0.15, -0.1) is 0 Å². The molecule has 3 N–H and O–H groups in total. The average molecular weight is 378 g/mol. The second-order valence-corrected chi connectivity index (χ2v) is 7.21. The molecule has 4 rings (SSSR count). The quantitative estimate of drug-likeness (QED) is 0.633. The zero-order chi connectivity index (χ0) is 19.8. The molecule has 2 aromatic heterocycles.